The molecule has 7 heteroatoms. The molecule has 6 nitrogen and oxygen atoms in total. The maximum atomic E-state index is 10.8. The van der Waals surface area contributed by atoms with E-state index in [1.165, 1.54) is 6.92 Å². The third-order valence-electron chi connectivity index (χ3n) is 1.38. The smallest absolute Gasteiger partial charge is 0.333 e. The van der Waals surface area contributed by atoms with Crippen molar-refractivity contribution < 1.29 is 22.5 Å². The molecule has 90 valence electrons. The Hall–Kier alpha value is -0.920. The van der Waals surface area contributed by atoms with Gasteiger partial charge < -0.3 is 10.9 Å². The lowest BCUT2D eigenvalue weighted by Crippen LogP contribution is -2.08. The van der Waals surface area contributed by atoms with Gasteiger partial charge in [0.25, 0.3) is 10.1 Å². The molecule has 0 spiro atoms. The summed E-state index contributed by atoms with van der Waals surface area (Å²) in [5.74, 6) is -0.797. The standard InChI is InChI=1S/C8H14O5S.H3N/c1-7(2)8(9)13-5-3-4-6-14(10,11)12;/h1,3-6H2,2H3,(H,10,11,12);1H3. The average molecular weight is 239 g/mol. The summed E-state index contributed by atoms with van der Waals surface area (Å²) >= 11 is 0. The van der Waals surface area contributed by atoms with Crippen LogP contribution < -0.4 is 6.15 Å². The summed E-state index contributed by atoms with van der Waals surface area (Å²) in [6.07, 6.45) is 0.668. The van der Waals surface area contributed by atoms with Gasteiger partial charge in [-0.1, -0.05) is 6.58 Å². The molecule has 0 amide bonds. The van der Waals surface area contributed by atoms with Gasteiger partial charge in [0.15, 0.2) is 0 Å². The molecule has 0 aliphatic carbocycles. The van der Waals surface area contributed by atoms with E-state index in [9.17, 15) is 13.2 Å². The fourth-order valence-electron chi connectivity index (χ4n) is 0.675. The summed E-state index contributed by atoms with van der Waals surface area (Å²) in [5, 5.41) is 0. The van der Waals surface area contributed by atoms with Gasteiger partial charge in [0.05, 0.1) is 12.4 Å². The monoisotopic (exact) mass is 239 g/mol. The van der Waals surface area contributed by atoms with Crippen molar-refractivity contribution in [3.63, 3.8) is 0 Å². The number of hydrogen-bond donors (Lipinski definition) is 2. The number of esters is 1. The van der Waals surface area contributed by atoms with E-state index in [0.717, 1.165) is 0 Å². The van der Waals surface area contributed by atoms with Crippen LogP contribution in [0.2, 0.25) is 0 Å². The number of rotatable bonds is 6. The zero-order valence-corrected chi connectivity index (χ0v) is 9.55. The average Bonchev–Trinajstić information content (AvgIpc) is 2.01. The predicted molar refractivity (Wildman–Crippen MR) is 56.4 cm³/mol. The van der Waals surface area contributed by atoms with Gasteiger partial charge in [-0.05, 0) is 19.8 Å². The first kappa shape index (κ1) is 16.5. The predicted octanol–water partition coefficient (Wildman–Crippen LogP) is 0.936. The Balaban J connectivity index is 0. The molecule has 0 aromatic carbocycles. The van der Waals surface area contributed by atoms with Gasteiger partial charge in [0.2, 0.25) is 0 Å². The van der Waals surface area contributed by atoms with Crippen molar-refractivity contribution in [2.24, 2.45) is 0 Å². The molecule has 0 saturated carbocycles. The van der Waals surface area contributed by atoms with Crippen LogP contribution in [-0.4, -0.2) is 31.3 Å². The van der Waals surface area contributed by atoms with E-state index in [1.807, 2.05) is 0 Å². The highest BCUT2D eigenvalue weighted by Gasteiger charge is 2.05. The summed E-state index contributed by atoms with van der Waals surface area (Å²) < 4.78 is 33.6. The molecule has 0 aromatic rings. The van der Waals surface area contributed by atoms with Crippen LogP contribution in [0.3, 0.4) is 0 Å². The summed E-state index contributed by atoms with van der Waals surface area (Å²) in [7, 11) is -3.90. The second-order valence-corrected chi connectivity index (χ2v) is 4.48. The molecule has 0 bridgehead atoms. The second kappa shape index (κ2) is 7.38. The number of carbonyl (C=O) groups excluding carboxylic acids is 1. The van der Waals surface area contributed by atoms with Gasteiger partial charge in [-0.25, -0.2) is 4.79 Å². The second-order valence-electron chi connectivity index (χ2n) is 2.91. The summed E-state index contributed by atoms with van der Waals surface area (Å²) in [6, 6.07) is 0. The molecule has 0 aliphatic rings. The molecule has 0 heterocycles. The van der Waals surface area contributed by atoms with Crippen LogP contribution in [0, 0.1) is 0 Å². The Morgan fingerprint density at radius 3 is 2.33 bits per heavy atom. The minimum absolute atomic E-state index is 0. The molecule has 15 heavy (non-hydrogen) atoms. The van der Waals surface area contributed by atoms with Crippen LogP contribution in [-0.2, 0) is 19.6 Å². The van der Waals surface area contributed by atoms with E-state index in [1.54, 1.807) is 0 Å². The minimum Gasteiger partial charge on any atom is -0.462 e. The van der Waals surface area contributed by atoms with Crippen molar-refractivity contribution in [2.75, 3.05) is 12.4 Å². The van der Waals surface area contributed by atoms with E-state index in [2.05, 4.69) is 6.58 Å². The van der Waals surface area contributed by atoms with Crippen molar-refractivity contribution in [3.05, 3.63) is 12.2 Å². The fourth-order valence-corrected chi connectivity index (χ4v) is 1.24. The highest BCUT2D eigenvalue weighted by Crippen LogP contribution is 1.97. The third-order valence-corrected chi connectivity index (χ3v) is 2.18. The van der Waals surface area contributed by atoms with Gasteiger partial charge in [-0.2, -0.15) is 8.42 Å². The van der Waals surface area contributed by atoms with Gasteiger partial charge in [-0.15, -0.1) is 0 Å². The number of hydrogen-bond acceptors (Lipinski definition) is 5. The van der Waals surface area contributed by atoms with E-state index in [4.69, 9.17) is 9.29 Å². The molecule has 0 aliphatic heterocycles. The molecular formula is C8H17NO5S. The van der Waals surface area contributed by atoms with E-state index < -0.39 is 16.1 Å². The molecule has 0 radical (unpaired) electrons. The number of carbonyl (C=O) groups is 1. The first-order valence-electron chi connectivity index (χ1n) is 4.11. The summed E-state index contributed by atoms with van der Waals surface area (Å²) in [5.41, 5.74) is 0.305. The van der Waals surface area contributed by atoms with E-state index in [0.29, 0.717) is 12.0 Å². The summed E-state index contributed by atoms with van der Waals surface area (Å²) in [6.45, 7) is 5.05. The largest absolute Gasteiger partial charge is 0.462 e. The number of ether oxygens (including phenoxy) is 1. The first-order valence-corrected chi connectivity index (χ1v) is 5.71. The van der Waals surface area contributed by atoms with Crippen molar-refractivity contribution >= 4 is 16.1 Å². The van der Waals surface area contributed by atoms with Crippen molar-refractivity contribution in [1.82, 2.24) is 6.15 Å². The Bertz CT molecular complexity index is 309. The zero-order chi connectivity index (χ0) is 11.2. The fraction of sp³-hybridized carbons (Fsp3) is 0.625. The van der Waals surface area contributed by atoms with Gasteiger partial charge >= 0.3 is 5.97 Å². The molecule has 0 atom stereocenters. The van der Waals surface area contributed by atoms with Crippen molar-refractivity contribution in [3.8, 4) is 0 Å². The van der Waals surface area contributed by atoms with E-state index in [-0.39, 0.29) is 24.9 Å². The molecule has 0 saturated heterocycles. The van der Waals surface area contributed by atoms with Crippen LogP contribution >= 0.6 is 0 Å². The SMILES string of the molecule is C=C(C)C(=O)OCCCCS(=O)(=O)O.N. The lowest BCUT2D eigenvalue weighted by Gasteiger charge is -2.02. The molecule has 0 rings (SSSR count). The first-order chi connectivity index (χ1) is 6.33. The Kier molecular flexibility index (Phi) is 8.12. The normalized spacial score (nSPS) is 10.3. The van der Waals surface area contributed by atoms with Crippen LogP contribution in [0.15, 0.2) is 12.2 Å². The maximum Gasteiger partial charge on any atom is 0.333 e. The highest BCUT2D eigenvalue weighted by molar-refractivity contribution is 7.85. The van der Waals surface area contributed by atoms with Crippen LogP contribution in [0.4, 0.5) is 0 Å². The number of unbranched alkanes of at least 4 members (excludes halogenated alkanes) is 1. The van der Waals surface area contributed by atoms with Gasteiger partial charge in [0.1, 0.15) is 0 Å². The summed E-state index contributed by atoms with van der Waals surface area (Å²) in [4.78, 5) is 10.8. The van der Waals surface area contributed by atoms with Crippen molar-refractivity contribution in [1.29, 1.82) is 0 Å². The van der Waals surface area contributed by atoms with Gasteiger partial charge in [0, 0.05) is 5.57 Å². The maximum absolute atomic E-state index is 10.8. The van der Waals surface area contributed by atoms with E-state index >= 15 is 0 Å². The lowest BCUT2D eigenvalue weighted by atomic mass is 10.3. The highest BCUT2D eigenvalue weighted by atomic mass is 32.2. The van der Waals surface area contributed by atoms with Crippen LogP contribution in [0.1, 0.15) is 19.8 Å². The van der Waals surface area contributed by atoms with Crippen LogP contribution in [0.25, 0.3) is 0 Å². The molecular weight excluding hydrogens is 222 g/mol. The molecule has 0 aromatic heterocycles. The lowest BCUT2D eigenvalue weighted by molar-refractivity contribution is -0.139. The quantitative estimate of drug-likeness (QED) is 0.308. The minimum atomic E-state index is -3.90. The van der Waals surface area contributed by atoms with Crippen LogP contribution in [0.5, 0.6) is 0 Å². The Morgan fingerprint density at radius 2 is 1.93 bits per heavy atom. The Labute approximate surface area is 89.6 Å². The zero-order valence-electron chi connectivity index (χ0n) is 8.73. The van der Waals surface area contributed by atoms with Gasteiger partial charge in [-0.3, -0.25) is 4.55 Å². The molecule has 0 unspecified atom stereocenters. The topological polar surface area (TPSA) is 116 Å². The van der Waals surface area contributed by atoms with Crippen molar-refractivity contribution in [2.45, 2.75) is 19.8 Å². The third kappa shape index (κ3) is 11.0. The Morgan fingerprint density at radius 1 is 1.40 bits per heavy atom. The molecule has 4 N–H and O–H groups in total. The molecule has 0 fully saturated rings.